The summed E-state index contributed by atoms with van der Waals surface area (Å²) in [7, 11) is -3.05. The van der Waals surface area contributed by atoms with Crippen LogP contribution in [0.3, 0.4) is 0 Å². The normalized spacial score (nSPS) is 24.0. The molecule has 0 bridgehead atoms. The van der Waals surface area contributed by atoms with Crippen molar-refractivity contribution in [3.63, 3.8) is 0 Å². The molecule has 0 radical (unpaired) electrons. The van der Waals surface area contributed by atoms with Crippen molar-refractivity contribution in [2.45, 2.75) is 18.9 Å². The van der Waals surface area contributed by atoms with Crippen molar-refractivity contribution in [2.75, 3.05) is 11.5 Å². The van der Waals surface area contributed by atoms with Crippen LogP contribution in [0.5, 0.6) is 0 Å². The van der Waals surface area contributed by atoms with E-state index >= 15 is 0 Å². The predicted octanol–water partition coefficient (Wildman–Crippen LogP) is 1.54. The van der Waals surface area contributed by atoms with Crippen molar-refractivity contribution in [3.05, 3.63) is 42.1 Å². The number of sulfone groups is 1. The van der Waals surface area contributed by atoms with Gasteiger partial charge in [-0.25, -0.2) is 8.42 Å². The quantitative estimate of drug-likeness (QED) is 0.913. The van der Waals surface area contributed by atoms with E-state index in [2.05, 4.69) is 10.3 Å². The molecule has 5 nitrogen and oxygen atoms in total. The summed E-state index contributed by atoms with van der Waals surface area (Å²) in [6.45, 7) is 1.78. The van der Waals surface area contributed by atoms with Crippen LogP contribution < -0.4 is 5.32 Å². The third-order valence-corrected chi connectivity index (χ3v) is 5.72. The van der Waals surface area contributed by atoms with E-state index in [1.54, 1.807) is 19.2 Å². The van der Waals surface area contributed by atoms with Crippen LogP contribution in [0.1, 0.15) is 23.7 Å². The van der Waals surface area contributed by atoms with E-state index in [4.69, 9.17) is 0 Å². The van der Waals surface area contributed by atoms with Gasteiger partial charge in [0.1, 0.15) is 0 Å². The predicted molar refractivity (Wildman–Crippen MR) is 80.9 cm³/mol. The van der Waals surface area contributed by atoms with Gasteiger partial charge in [-0.1, -0.05) is 18.2 Å². The number of fused-ring (bicyclic) bond motifs is 1. The lowest BCUT2D eigenvalue weighted by Crippen LogP contribution is -2.47. The number of amides is 1. The van der Waals surface area contributed by atoms with Crippen LogP contribution in [-0.2, 0) is 9.84 Å². The maximum atomic E-state index is 12.5. The molecule has 1 fully saturated rings. The lowest BCUT2D eigenvalue weighted by atomic mass is 10.0. The molecule has 1 saturated heterocycles. The van der Waals surface area contributed by atoms with Gasteiger partial charge in [-0.05, 0) is 25.5 Å². The lowest BCUT2D eigenvalue weighted by Gasteiger charge is -2.24. The number of hydrogen-bond donors (Lipinski definition) is 1. The summed E-state index contributed by atoms with van der Waals surface area (Å²) in [6, 6.07) is 9.05. The second-order valence-corrected chi connectivity index (χ2v) is 7.92. The number of carbonyl (C=O) groups is 1. The zero-order valence-electron chi connectivity index (χ0n) is 11.7. The van der Waals surface area contributed by atoms with Gasteiger partial charge in [-0.15, -0.1) is 0 Å². The molecule has 0 spiro atoms. The van der Waals surface area contributed by atoms with Gasteiger partial charge in [0.05, 0.1) is 28.1 Å². The summed E-state index contributed by atoms with van der Waals surface area (Å²) in [5, 5.41) is 3.64. The van der Waals surface area contributed by atoms with E-state index in [-0.39, 0.29) is 17.4 Å². The SMILES string of the molecule is CC1(NC(=O)c2ccnc3ccccc23)CCS(=O)(=O)C1. The highest BCUT2D eigenvalue weighted by atomic mass is 32.2. The van der Waals surface area contributed by atoms with Gasteiger partial charge in [-0.2, -0.15) is 0 Å². The van der Waals surface area contributed by atoms with Crippen molar-refractivity contribution < 1.29 is 13.2 Å². The van der Waals surface area contributed by atoms with E-state index in [1.165, 1.54) is 0 Å². The first-order valence-electron chi connectivity index (χ1n) is 6.75. The van der Waals surface area contributed by atoms with Crippen molar-refractivity contribution in [1.29, 1.82) is 0 Å². The Morgan fingerprint density at radius 1 is 1.29 bits per heavy atom. The van der Waals surface area contributed by atoms with Gasteiger partial charge in [0, 0.05) is 11.6 Å². The Balaban J connectivity index is 1.92. The molecule has 1 atom stereocenters. The number of rotatable bonds is 2. The standard InChI is InChI=1S/C15H16N2O3S/c1-15(7-9-21(19,20)10-15)17-14(18)12-6-8-16-13-5-3-2-4-11(12)13/h2-6,8H,7,9-10H2,1H3,(H,17,18). The second-order valence-electron chi connectivity index (χ2n) is 5.73. The summed E-state index contributed by atoms with van der Waals surface area (Å²) in [6.07, 6.45) is 2.04. The molecule has 1 aromatic heterocycles. The fraction of sp³-hybridized carbons (Fsp3) is 0.333. The Hall–Kier alpha value is -1.95. The highest BCUT2D eigenvalue weighted by Gasteiger charge is 2.39. The Labute approximate surface area is 123 Å². The molecule has 1 aliphatic rings. The van der Waals surface area contributed by atoms with Crippen LogP contribution in [0, 0.1) is 0 Å². The molecule has 2 aromatic rings. The zero-order valence-corrected chi connectivity index (χ0v) is 12.5. The zero-order chi connectivity index (χ0) is 15.1. The number of benzene rings is 1. The van der Waals surface area contributed by atoms with Crippen LogP contribution in [0.25, 0.3) is 10.9 Å². The van der Waals surface area contributed by atoms with Crippen LogP contribution in [0.15, 0.2) is 36.5 Å². The van der Waals surface area contributed by atoms with Crippen molar-refractivity contribution in [2.24, 2.45) is 0 Å². The van der Waals surface area contributed by atoms with Crippen molar-refractivity contribution in [1.82, 2.24) is 10.3 Å². The highest BCUT2D eigenvalue weighted by molar-refractivity contribution is 7.91. The molecule has 1 aliphatic heterocycles. The number of nitrogens with zero attached hydrogens (tertiary/aromatic N) is 1. The molecule has 21 heavy (non-hydrogen) atoms. The average molecular weight is 304 g/mol. The molecule has 1 N–H and O–H groups in total. The van der Waals surface area contributed by atoms with Crippen molar-refractivity contribution >= 4 is 26.6 Å². The number of para-hydroxylation sites is 1. The summed E-state index contributed by atoms with van der Waals surface area (Å²) in [5.41, 5.74) is 0.570. The largest absolute Gasteiger partial charge is 0.346 e. The number of carbonyl (C=O) groups excluding carboxylic acids is 1. The highest BCUT2D eigenvalue weighted by Crippen LogP contribution is 2.24. The molecule has 0 aliphatic carbocycles. The molecule has 2 heterocycles. The summed E-state index contributed by atoms with van der Waals surface area (Å²) >= 11 is 0. The number of aromatic nitrogens is 1. The number of pyridine rings is 1. The van der Waals surface area contributed by atoms with E-state index in [0.29, 0.717) is 12.0 Å². The molecule has 1 amide bonds. The Morgan fingerprint density at radius 2 is 2.05 bits per heavy atom. The summed E-state index contributed by atoms with van der Waals surface area (Å²) < 4.78 is 23.2. The minimum Gasteiger partial charge on any atom is -0.346 e. The average Bonchev–Trinajstić information content (AvgIpc) is 2.71. The summed E-state index contributed by atoms with van der Waals surface area (Å²) in [5.74, 6) is -0.136. The van der Waals surface area contributed by atoms with Crippen LogP contribution in [-0.4, -0.2) is 36.4 Å². The molecule has 110 valence electrons. The van der Waals surface area contributed by atoms with Gasteiger partial charge >= 0.3 is 0 Å². The first-order valence-corrected chi connectivity index (χ1v) is 8.57. The fourth-order valence-corrected chi connectivity index (χ4v) is 4.84. The van der Waals surface area contributed by atoms with Gasteiger partial charge in [-0.3, -0.25) is 9.78 Å². The molecule has 6 heteroatoms. The second kappa shape index (κ2) is 4.80. The molecule has 1 aromatic carbocycles. The lowest BCUT2D eigenvalue weighted by molar-refractivity contribution is 0.0917. The third-order valence-electron chi connectivity index (χ3n) is 3.81. The topological polar surface area (TPSA) is 76.1 Å². The minimum absolute atomic E-state index is 0.00520. The molecular formula is C15H16N2O3S. The van der Waals surface area contributed by atoms with Crippen molar-refractivity contribution in [3.8, 4) is 0 Å². The number of hydrogen-bond acceptors (Lipinski definition) is 4. The van der Waals surface area contributed by atoms with E-state index in [9.17, 15) is 13.2 Å². The van der Waals surface area contributed by atoms with E-state index < -0.39 is 15.4 Å². The Bertz CT molecular complexity index is 811. The van der Waals surface area contributed by atoms with E-state index in [0.717, 1.165) is 10.9 Å². The third kappa shape index (κ3) is 2.76. The van der Waals surface area contributed by atoms with Crippen LogP contribution >= 0.6 is 0 Å². The van der Waals surface area contributed by atoms with E-state index in [1.807, 2.05) is 24.3 Å². The molecule has 1 unspecified atom stereocenters. The maximum Gasteiger partial charge on any atom is 0.252 e. The maximum absolute atomic E-state index is 12.5. The Kier molecular flexibility index (Phi) is 3.20. The van der Waals surface area contributed by atoms with Gasteiger partial charge in [0.2, 0.25) is 0 Å². The first kappa shape index (κ1) is 14.0. The first-order chi connectivity index (χ1) is 9.89. The minimum atomic E-state index is -3.05. The Morgan fingerprint density at radius 3 is 2.76 bits per heavy atom. The van der Waals surface area contributed by atoms with Crippen LogP contribution in [0.4, 0.5) is 0 Å². The molecule has 0 saturated carbocycles. The summed E-state index contributed by atoms with van der Waals surface area (Å²) in [4.78, 5) is 16.7. The van der Waals surface area contributed by atoms with Gasteiger partial charge < -0.3 is 5.32 Å². The molecule has 3 rings (SSSR count). The number of nitrogens with one attached hydrogen (secondary N) is 1. The van der Waals surface area contributed by atoms with Crippen LogP contribution in [0.2, 0.25) is 0 Å². The smallest absolute Gasteiger partial charge is 0.252 e. The fourth-order valence-electron chi connectivity index (χ4n) is 2.74. The molecular weight excluding hydrogens is 288 g/mol. The van der Waals surface area contributed by atoms with Gasteiger partial charge in [0.15, 0.2) is 9.84 Å². The van der Waals surface area contributed by atoms with Gasteiger partial charge in [0.25, 0.3) is 5.91 Å². The monoisotopic (exact) mass is 304 g/mol.